The predicted molar refractivity (Wildman–Crippen MR) is 115 cm³/mol. The first kappa shape index (κ1) is 25.2. The third kappa shape index (κ3) is 10.4. The molecule has 1 fully saturated rings. The number of hydrogen-bond acceptors (Lipinski definition) is 5. The van der Waals surface area contributed by atoms with Crippen molar-refractivity contribution in [3.8, 4) is 0 Å². The number of carbonyl (C=O) groups excluding carboxylic acids is 1. The number of hydrogen-bond donors (Lipinski definition) is 3. The van der Waals surface area contributed by atoms with Crippen molar-refractivity contribution in [2.75, 3.05) is 25.1 Å². The summed E-state index contributed by atoms with van der Waals surface area (Å²) < 4.78 is 28.4. The minimum Gasteiger partial charge on any atom is -0.444 e. The molecule has 0 aromatic rings. The molecule has 0 spiro atoms. The average molecular weight is 504 g/mol. The molecule has 0 radical (unpaired) electrons. The lowest BCUT2D eigenvalue weighted by Crippen LogP contribution is -2.50. The van der Waals surface area contributed by atoms with Crippen molar-refractivity contribution >= 4 is 45.9 Å². The maximum atomic E-state index is 11.9. The van der Waals surface area contributed by atoms with Crippen LogP contribution in [0.4, 0.5) is 4.79 Å². The number of nitrogens with zero attached hydrogens (tertiary/aromatic N) is 1. The van der Waals surface area contributed by atoms with E-state index in [1.807, 2.05) is 27.7 Å². The maximum absolute atomic E-state index is 11.9. The van der Waals surface area contributed by atoms with Crippen molar-refractivity contribution in [1.82, 2.24) is 16.0 Å². The molecule has 0 aromatic carbocycles. The molecule has 154 valence electrons. The van der Waals surface area contributed by atoms with E-state index in [0.717, 1.165) is 12.8 Å². The standard InChI is InChI=1S/C16H32N4O4S.HI/c1-6-7-12(20-15(21)24-16(2,3)4)10-18-14(17-5)19-13-8-9-25(22,23)11-13;/h12-13H,6-11H2,1-5H3,(H,20,21)(H2,17,18,19);1H. The minimum atomic E-state index is -2.94. The number of rotatable bonds is 6. The lowest BCUT2D eigenvalue weighted by molar-refractivity contribution is 0.0502. The van der Waals surface area contributed by atoms with Crippen LogP contribution in [0.5, 0.6) is 0 Å². The maximum Gasteiger partial charge on any atom is 0.407 e. The van der Waals surface area contributed by atoms with Crippen molar-refractivity contribution < 1.29 is 17.9 Å². The Hall–Kier alpha value is -0.780. The SMILES string of the molecule is CCCC(CNC(=NC)NC1CCS(=O)(=O)C1)NC(=O)OC(C)(C)C.I. The number of guanidine groups is 1. The molecule has 1 rings (SSSR count). The summed E-state index contributed by atoms with van der Waals surface area (Å²) in [5, 5.41) is 9.13. The van der Waals surface area contributed by atoms with Gasteiger partial charge in [0, 0.05) is 25.7 Å². The van der Waals surface area contributed by atoms with E-state index in [9.17, 15) is 13.2 Å². The van der Waals surface area contributed by atoms with Gasteiger partial charge in [-0.3, -0.25) is 4.99 Å². The van der Waals surface area contributed by atoms with E-state index in [1.54, 1.807) is 7.05 Å². The molecule has 26 heavy (non-hydrogen) atoms. The summed E-state index contributed by atoms with van der Waals surface area (Å²) in [5.41, 5.74) is -0.542. The minimum absolute atomic E-state index is 0. The van der Waals surface area contributed by atoms with Gasteiger partial charge in [-0.2, -0.15) is 0 Å². The van der Waals surface area contributed by atoms with Gasteiger partial charge >= 0.3 is 6.09 Å². The molecule has 2 unspecified atom stereocenters. The van der Waals surface area contributed by atoms with Crippen molar-refractivity contribution in [3.05, 3.63) is 0 Å². The lowest BCUT2D eigenvalue weighted by Gasteiger charge is -2.24. The van der Waals surface area contributed by atoms with Gasteiger partial charge in [-0.15, -0.1) is 24.0 Å². The molecule has 1 heterocycles. The smallest absolute Gasteiger partial charge is 0.407 e. The van der Waals surface area contributed by atoms with Crippen LogP contribution in [-0.4, -0.2) is 63.3 Å². The Morgan fingerprint density at radius 1 is 1.35 bits per heavy atom. The third-order valence-electron chi connectivity index (χ3n) is 3.67. The molecule has 8 nitrogen and oxygen atoms in total. The zero-order valence-electron chi connectivity index (χ0n) is 16.3. The molecule has 3 N–H and O–H groups in total. The summed E-state index contributed by atoms with van der Waals surface area (Å²) in [4.78, 5) is 16.1. The number of alkyl carbamates (subject to hydrolysis) is 1. The Kier molecular flexibility index (Phi) is 10.8. The van der Waals surface area contributed by atoms with E-state index >= 15 is 0 Å². The molecule has 0 saturated carbocycles. The van der Waals surface area contributed by atoms with Crippen LogP contribution < -0.4 is 16.0 Å². The van der Waals surface area contributed by atoms with E-state index in [4.69, 9.17) is 4.74 Å². The van der Waals surface area contributed by atoms with Gasteiger partial charge in [0.2, 0.25) is 0 Å². The molecular weight excluding hydrogens is 471 g/mol. The number of sulfone groups is 1. The fraction of sp³-hybridized carbons (Fsp3) is 0.875. The van der Waals surface area contributed by atoms with Crippen LogP contribution in [-0.2, 0) is 14.6 Å². The normalized spacial score (nSPS) is 20.7. The molecule has 2 atom stereocenters. The van der Waals surface area contributed by atoms with E-state index in [-0.39, 0.29) is 47.6 Å². The van der Waals surface area contributed by atoms with Crippen LogP contribution in [0.25, 0.3) is 0 Å². The second kappa shape index (κ2) is 11.2. The van der Waals surface area contributed by atoms with Crippen molar-refractivity contribution in [3.63, 3.8) is 0 Å². The summed E-state index contributed by atoms with van der Waals surface area (Å²) in [6.07, 6.45) is 1.84. The van der Waals surface area contributed by atoms with E-state index in [2.05, 4.69) is 20.9 Å². The quantitative estimate of drug-likeness (QED) is 0.289. The zero-order chi connectivity index (χ0) is 19.1. The van der Waals surface area contributed by atoms with Gasteiger partial charge in [-0.25, -0.2) is 13.2 Å². The van der Waals surface area contributed by atoms with Crippen LogP contribution in [0.3, 0.4) is 0 Å². The Morgan fingerprint density at radius 2 is 2.00 bits per heavy atom. The van der Waals surface area contributed by atoms with Crippen molar-refractivity contribution in [1.29, 1.82) is 0 Å². The van der Waals surface area contributed by atoms with Crippen molar-refractivity contribution in [2.45, 2.75) is 64.6 Å². The molecule has 1 aliphatic heterocycles. The molecule has 10 heteroatoms. The predicted octanol–water partition coefficient (Wildman–Crippen LogP) is 1.65. The highest BCUT2D eigenvalue weighted by atomic mass is 127. The summed E-state index contributed by atoms with van der Waals surface area (Å²) in [6, 6.07) is -0.231. The first-order valence-electron chi connectivity index (χ1n) is 8.71. The summed E-state index contributed by atoms with van der Waals surface area (Å²) in [7, 11) is -1.31. The Labute approximate surface area is 174 Å². The zero-order valence-corrected chi connectivity index (χ0v) is 19.4. The summed E-state index contributed by atoms with van der Waals surface area (Å²) >= 11 is 0. The number of nitrogens with one attached hydrogen (secondary N) is 3. The van der Waals surface area contributed by atoms with E-state index in [0.29, 0.717) is 18.9 Å². The third-order valence-corrected chi connectivity index (χ3v) is 5.44. The first-order chi connectivity index (χ1) is 11.5. The van der Waals surface area contributed by atoms with Gasteiger partial charge in [0.05, 0.1) is 11.5 Å². The van der Waals surface area contributed by atoms with Gasteiger partial charge in [0.1, 0.15) is 5.60 Å². The number of carbonyl (C=O) groups is 1. The topological polar surface area (TPSA) is 109 Å². The highest BCUT2D eigenvalue weighted by molar-refractivity contribution is 14.0. The van der Waals surface area contributed by atoms with Gasteiger partial charge < -0.3 is 20.7 Å². The Bertz CT molecular complexity index is 575. The lowest BCUT2D eigenvalue weighted by atomic mass is 10.1. The fourth-order valence-corrected chi connectivity index (χ4v) is 4.24. The van der Waals surface area contributed by atoms with Crippen molar-refractivity contribution in [2.24, 2.45) is 4.99 Å². The first-order valence-corrected chi connectivity index (χ1v) is 10.5. The van der Waals surface area contributed by atoms with E-state index in [1.165, 1.54) is 0 Å². The average Bonchev–Trinajstić information content (AvgIpc) is 2.80. The van der Waals surface area contributed by atoms with Gasteiger partial charge in [0.15, 0.2) is 15.8 Å². The Balaban J connectivity index is 0.00000625. The molecule has 0 bridgehead atoms. The number of ether oxygens (including phenoxy) is 1. The Morgan fingerprint density at radius 3 is 2.46 bits per heavy atom. The largest absolute Gasteiger partial charge is 0.444 e. The highest BCUT2D eigenvalue weighted by Gasteiger charge is 2.28. The van der Waals surface area contributed by atoms with Crippen LogP contribution in [0, 0.1) is 0 Å². The van der Waals surface area contributed by atoms with Gasteiger partial charge in [-0.1, -0.05) is 13.3 Å². The van der Waals surface area contributed by atoms with E-state index < -0.39 is 21.5 Å². The van der Waals surface area contributed by atoms with Crippen LogP contribution in [0.15, 0.2) is 4.99 Å². The monoisotopic (exact) mass is 504 g/mol. The molecule has 0 aliphatic carbocycles. The number of amides is 1. The second-order valence-corrected chi connectivity index (χ2v) is 9.56. The number of halogens is 1. The van der Waals surface area contributed by atoms with Gasteiger partial charge in [-0.05, 0) is 33.6 Å². The molecule has 1 saturated heterocycles. The molecule has 0 aromatic heterocycles. The molecule has 1 aliphatic rings. The van der Waals surface area contributed by atoms with Crippen LogP contribution in [0.1, 0.15) is 47.0 Å². The molecule has 1 amide bonds. The molecular formula is C16H33IN4O4S. The highest BCUT2D eigenvalue weighted by Crippen LogP contribution is 2.11. The number of aliphatic imine (C=N–C) groups is 1. The fourth-order valence-electron chi connectivity index (χ4n) is 2.56. The second-order valence-electron chi connectivity index (χ2n) is 7.33. The summed E-state index contributed by atoms with van der Waals surface area (Å²) in [6.45, 7) is 7.98. The van der Waals surface area contributed by atoms with Gasteiger partial charge in [0.25, 0.3) is 0 Å². The van der Waals surface area contributed by atoms with Crippen LogP contribution >= 0.6 is 24.0 Å². The van der Waals surface area contributed by atoms with Crippen LogP contribution in [0.2, 0.25) is 0 Å². The summed E-state index contributed by atoms with van der Waals surface area (Å²) in [5.74, 6) is 0.872.